The molecule has 1 aromatic rings. The number of hydrogen-bond donors (Lipinski definition) is 1. The number of methoxy groups -OCH3 is 2. The Kier molecular flexibility index (Phi) is 5.10. The number of carbonyl (C=O) groups excluding carboxylic acids is 1. The molecular weight excluding hydrogens is 242 g/mol. The van der Waals surface area contributed by atoms with E-state index in [0.29, 0.717) is 18.0 Å². The third-order valence-corrected chi connectivity index (χ3v) is 2.68. The number of benzene rings is 1. The van der Waals surface area contributed by atoms with Crippen molar-refractivity contribution in [3.05, 3.63) is 23.3 Å². The van der Waals surface area contributed by atoms with Crippen LogP contribution in [-0.4, -0.2) is 26.0 Å². The lowest BCUT2D eigenvalue weighted by molar-refractivity contribution is -0.118. The van der Waals surface area contributed by atoms with Gasteiger partial charge in [-0.1, -0.05) is 0 Å². The first-order valence-electron chi connectivity index (χ1n) is 5.16. The molecule has 1 N–H and O–H groups in total. The zero-order chi connectivity index (χ0) is 12.8. The van der Waals surface area contributed by atoms with E-state index in [1.807, 2.05) is 19.1 Å². The average molecular weight is 258 g/mol. The van der Waals surface area contributed by atoms with Crippen molar-refractivity contribution in [1.29, 1.82) is 0 Å². The molecule has 0 unspecified atom stereocenters. The lowest BCUT2D eigenvalue weighted by Gasteiger charge is -2.13. The van der Waals surface area contributed by atoms with Crippen molar-refractivity contribution < 1.29 is 14.3 Å². The highest BCUT2D eigenvalue weighted by molar-refractivity contribution is 6.27. The number of carbonyl (C=O) groups is 1. The molecule has 0 fully saturated rings. The van der Waals surface area contributed by atoms with Gasteiger partial charge in [0.2, 0.25) is 5.91 Å². The minimum Gasteiger partial charge on any atom is -0.493 e. The van der Waals surface area contributed by atoms with Gasteiger partial charge in [0.05, 0.1) is 14.2 Å². The van der Waals surface area contributed by atoms with E-state index >= 15 is 0 Å². The fraction of sp³-hybridized carbons (Fsp3) is 0.417. The summed E-state index contributed by atoms with van der Waals surface area (Å²) in [6.07, 6.45) is 0. The zero-order valence-electron chi connectivity index (χ0n) is 10.2. The molecule has 0 heterocycles. The van der Waals surface area contributed by atoms with Crippen LogP contribution in [-0.2, 0) is 11.3 Å². The standard InChI is InChI=1S/C12H16ClNO3/c1-8-4-10(16-2)11(17-3)5-9(8)7-14-12(15)6-13/h4-5H,6-7H2,1-3H3,(H,14,15). The number of alkyl halides is 1. The molecule has 1 amide bonds. The molecule has 1 aromatic carbocycles. The molecule has 4 nitrogen and oxygen atoms in total. The summed E-state index contributed by atoms with van der Waals surface area (Å²) in [6.45, 7) is 2.38. The quantitative estimate of drug-likeness (QED) is 0.820. The molecule has 0 aliphatic carbocycles. The molecule has 0 saturated carbocycles. The Bertz CT molecular complexity index is 407. The van der Waals surface area contributed by atoms with Gasteiger partial charge >= 0.3 is 0 Å². The summed E-state index contributed by atoms with van der Waals surface area (Å²) in [7, 11) is 3.17. The van der Waals surface area contributed by atoms with Crippen LogP contribution in [0.4, 0.5) is 0 Å². The van der Waals surface area contributed by atoms with Crippen LogP contribution in [0.2, 0.25) is 0 Å². The summed E-state index contributed by atoms with van der Waals surface area (Å²) in [5.74, 6) is 1.10. The summed E-state index contributed by atoms with van der Waals surface area (Å²) in [5.41, 5.74) is 2.00. The SMILES string of the molecule is COc1cc(C)c(CNC(=O)CCl)cc1OC. The Morgan fingerprint density at radius 2 is 1.88 bits per heavy atom. The number of nitrogens with one attached hydrogen (secondary N) is 1. The molecular formula is C12H16ClNO3. The third-order valence-electron chi connectivity index (χ3n) is 2.44. The van der Waals surface area contributed by atoms with E-state index in [9.17, 15) is 4.79 Å². The van der Waals surface area contributed by atoms with Crippen LogP contribution >= 0.6 is 11.6 Å². The Labute approximate surface area is 106 Å². The second kappa shape index (κ2) is 6.35. The van der Waals surface area contributed by atoms with Gasteiger partial charge in [0.1, 0.15) is 5.88 Å². The first-order chi connectivity index (χ1) is 8.12. The molecule has 0 aromatic heterocycles. The maximum Gasteiger partial charge on any atom is 0.235 e. The van der Waals surface area contributed by atoms with E-state index in [1.54, 1.807) is 14.2 Å². The molecule has 0 bridgehead atoms. The number of rotatable bonds is 5. The number of amides is 1. The van der Waals surface area contributed by atoms with E-state index in [2.05, 4.69) is 5.32 Å². The van der Waals surface area contributed by atoms with Crippen molar-refractivity contribution in [3.63, 3.8) is 0 Å². The molecule has 94 valence electrons. The molecule has 0 spiro atoms. The third kappa shape index (κ3) is 3.53. The smallest absolute Gasteiger partial charge is 0.235 e. The topological polar surface area (TPSA) is 47.6 Å². The van der Waals surface area contributed by atoms with Crippen LogP contribution in [0.25, 0.3) is 0 Å². The number of ether oxygens (including phenoxy) is 2. The van der Waals surface area contributed by atoms with Crippen LogP contribution in [0.5, 0.6) is 11.5 Å². The minimum atomic E-state index is -0.194. The van der Waals surface area contributed by atoms with Crippen LogP contribution < -0.4 is 14.8 Å². The summed E-state index contributed by atoms with van der Waals surface area (Å²) < 4.78 is 10.4. The molecule has 0 aliphatic rings. The summed E-state index contributed by atoms with van der Waals surface area (Å²) in [6, 6.07) is 3.73. The molecule has 0 radical (unpaired) electrons. The first kappa shape index (κ1) is 13.6. The molecule has 0 saturated heterocycles. The molecule has 0 atom stereocenters. The van der Waals surface area contributed by atoms with Gasteiger partial charge in [-0.25, -0.2) is 0 Å². The molecule has 17 heavy (non-hydrogen) atoms. The fourth-order valence-electron chi connectivity index (χ4n) is 1.45. The predicted octanol–water partition coefficient (Wildman–Crippen LogP) is 1.87. The van der Waals surface area contributed by atoms with Crippen molar-refractivity contribution in [2.75, 3.05) is 20.1 Å². The van der Waals surface area contributed by atoms with Crippen molar-refractivity contribution in [1.82, 2.24) is 5.32 Å². The van der Waals surface area contributed by atoms with Crippen LogP contribution in [0.1, 0.15) is 11.1 Å². The van der Waals surface area contributed by atoms with E-state index in [-0.39, 0.29) is 11.8 Å². The number of halogens is 1. The highest BCUT2D eigenvalue weighted by atomic mass is 35.5. The highest BCUT2D eigenvalue weighted by Crippen LogP contribution is 2.30. The van der Waals surface area contributed by atoms with Gasteiger partial charge in [-0.3, -0.25) is 4.79 Å². The Hall–Kier alpha value is -1.42. The Morgan fingerprint density at radius 3 is 2.41 bits per heavy atom. The Balaban J connectivity index is 2.89. The van der Waals surface area contributed by atoms with Gasteiger partial charge in [-0.05, 0) is 30.2 Å². The van der Waals surface area contributed by atoms with Crippen molar-refractivity contribution in [2.45, 2.75) is 13.5 Å². The van der Waals surface area contributed by atoms with Crippen LogP contribution in [0, 0.1) is 6.92 Å². The predicted molar refractivity (Wildman–Crippen MR) is 66.8 cm³/mol. The van der Waals surface area contributed by atoms with Gasteiger partial charge in [0.15, 0.2) is 11.5 Å². The molecule has 1 rings (SSSR count). The van der Waals surface area contributed by atoms with Gasteiger partial charge in [0.25, 0.3) is 0 Å². The van der Waals surface area contributed by atoms with Gasteiger partial charge in [0, 0.05) is 6.54 Å². The molecule has 0 aliphatic heterocycles. The van der Waals surface area contributed by atoms with Crippen molar-refractivity contribution in [3.8, 4) is 11.5 Å². The summed E-state index contributed by atoms with van der Waals surface area (Å²) in [5, 5.41) is 2.71. The number of aryl methyl sites for hydroxylation is 1. The Morgan fingerprint density at radius 1 is 1.29 bits per heavy atom. The van der Waals surface area contributed by atoms with E-state index in [1.165, 1.54) is 0 Å². The highest BCUT2D eigenvalue weighted by Gasteiger charge is 2.09. The normalized spacial score (nSPS) is 9.88. The first-order valence-corrected chi connectivity index (χ1v) is 5.70. The summed E-state index contributed by atoms with van der Waals surface area (Å²) >= 11 is 5.41. The van der Waals surface area contributed by atoms with E-state index in [0.717, 1.165) is 11.1 Å². The van der Waals surface area contributed by atoms with Gasteiger partial charge < -0.3 is 14.8 Å². The maximum absolute atomic E-state index is 11.1. The van der Waals surface area contributed by atoms with E-state index in [4.69, 9.17) is 21.1 Å². The summed E-state index contributed by atoms with van der Waals surface area (Å²) in [4.78, 5) is 11.1. The molecule has 5 heteroatoms. The lowest BCUT2D eigenvalue weighted by Crippen LogP contribution is -2.24. The maximum atomic E-state index is 11.1. The van der Waals surface area contributed by atoms with Gasteiger partial charge in [-0.2, -0.15) is 0 Å². The van der Waals surface area contributed by atoms with Crippen LogP contribution in [0.3, 0.4) is 0 Å². The van der Waals surface area contributed by atoms with Gasteiger partial charge in [-0.15, -0.1) is 11.6 Å². The lowest BCUT2D eigenvalue weighted by atomic mass is 10.1. The largest absolute Gasteiger partial charge is 0.493 e. The fourth-order valence-corrected chi connectivity index (χ4v) is 1.55. The zero-order valence-corrected chi connectivity index (χ0v) is 10.9. The average Bonchev–Trinajstić information content (AvgIpc) is 2.36. The second-order valence-corrected chi connectivity index (χ2v) is 3.81. The second-order valence-electron chi connectivity index (χ2n) is 3.54. The van der Waals surface area contributed by atoms with E-state index < -0.39 is 0 Å². The van der Waals surface area contributed by atoms with Crippen LogP contribution in [0.15, 0.2) is 12.1 Å². The monoisotopic (exact) mass is 257 g/mol. The minimum absolute atomic E-state index is 0.0354. The van der Waals surface area contributed by atoms with Crippen molar-refractivity contribution >= 4 is 17.5 Å². The van der Waals surface area contributed by atoms with Crippen molar-refractivity contribution in [2.24, 2.45) is 0 Å². The number of hydrogen-bond acceptors (Lipinski definition) is 3.